The van der Waals surface area contributed by atoms with Gasteiger partial charge in [0.25, 0.3) is 0 Å². The molecule has 0 amide bonds. The summed E-state index contributed by atoms with van der Waals surface area (Å²) in [6, 6.07) is 6.64. The molecule has 0 aliphatic carbocycles. The van der Waals surface area contributed by atoms with Crippen molar-refractivity contribution in [3.05, 3.63) is 23.8 Å². The largest absolute Gasteiger partial charge is 0.397 e. The van der Waals surface area contributed by atoms with Crippen molar-refractivity contribution in [2.75, 3.05) is 50.0 Å². The fourth-order valence-corrected chi connectivity index (χ4v) is 3.28. The maximum atomic E-state index is 6.31. The fraction of sp³-hybridized carbons (Fsp3) is 0.700. The van der Waals surface area contributed by atoms with E-state index in [1.54, 1.807) is 0 Å². The molecular formula is C20H35N3O. The summed E-state index contributed by atoms with van der Waals surface area (Å²) >= 11 is 0. The summed E-state index contributed by atoms with van der Waals surface area (Å²) in [5.74, 6) is 0.850. The van der Waals surface area contributed by atoms with Crippen LogP contribution in [0.25, 0.3) is 0 Å². The SMILES string of the molecule is CCOCCCNCCCc1ccc(N2CCC(C)CC2)c(N)c1. The second-order valence-electron chi connectivity index (χ2n) is 6.97. The molecule has 4 nitrogen and oxygen atoms in total. The summed E-state index contributed by atoms with van der Waals surface area (Å²) in [7, 11) is 0. The second-order valence-corrected chi connectivity index (χ2v) is 6.97. The standard InChI is InChI=1S/C20H35N3O/c1-3-24-15-5-12-22-11-4-6-18-7-8-20(19(21)16-18)23-13-9-17(2)10-14-23/h7-8,16-17,22H,3-6,9-15,21H2,1-2H3. The average Bonchev–Trinajstić information content (AvgIpc) is 2.58. The predicted octanol–water partition coefficient (Wildman–Crippen LogP) is 3.45. The first-order valence-corrected chi connectivity index (χ1v) is 9.62. The van der Waals surface area contributed by atoms with Crippen LogP contribution in [0.4, 0.5) is 11.4 Å². The Morgan fingerprint density at radius 1 is 1.21 bits per heavy atom. The third-order valence-corrected chi connectivity index (χ3v) is 4.88. The van der Waals surface area contributed by atoms with Crippen LogP contribution in [-0.4, -0.2) is 39.4 Å². The highest BCUT2D eigenvalue weighted by molar-refractivity contribution is 5.68. The lowest BCUT2D eigenvalue weighted by Gasteiger charge is -2.33. The van der Waals surface area contributed by atoms with Crippen molar-refractivity contribution in [3.63, 3.8) is 0 Å². The number of hydrogen-bond donors (Lipinski definition) is 2. The van der Waals surface area contributed by atoms with E-state index in [0.29, 0.717) is 0 Å². The van der Waals surface area contributed by atoms with Gasteiger partial charge >= 0.3 is 0 Å². The molecule has 0 spiro atoms. The van der Waals surface area contributed by atoms with E-state index in [2.05, 4.69) is 35.3 Å². The number of nitrogen functional groups attached to an aromatic ring is 1. The van der Waals surface area contributed by atoms with Crippen LogP contribution in [0.5, 0.6) is 0 Å². The third-order valence-electron chi connectivity index (χ3n) is 4.88. The van der Waals surface area contributed by atoms with Crippen molar-refractivity contribution < 1.29 is 4.74 Å². The number of anilines is 2. The van der Waals surface area contributed by atoms with E-state index < -0.39 is 0 Å². The van der Waals surface area contributed by atoms with Gasteiger partial charge in [-0.05, 0) is 75.7 Å². The Hall–Kier alpha value is -1.26. The van der Waals surface area contributed by atoms with E-state index in [4.69, 9.17) is 10.5 Å². The lowest BCUT2D eigenvalue weighted by molar-refractivity contribution is 0.145. The molecule has 1 heterocycles. The topological polar surface area (TPSA) is 50.5 Å². The summed E-state index contributed by atoms with van der Waals surface area (Å²) in [6.07, 6.45) is 5.87. The highest BCUT2D eigenvalue weighted by Crippen LogP contribution is 2.29. The first-order valence-electron chi connectivity index (χ1n) is 9.62. The van der Waals surface area contributed by atoms with Crippen LogP contribution in [-0.2, 0) is 11.2 Å². The smallest absolute Gasteiger partial charge is 0.0600 e. The van der Waals surface area contributed by atoms with Crippen LogP contribution in [0.2, 0.25) is 0 Å². The van der Waals surface area contributed by atoms with E-state index in [1.807, 2.05) is 6.92 Å². The average molecular weight is 334 g/mol. The Labute approximate surface area is 147 Å². The minimum Gasteiger partial charge on any atom is -0.397 e. The number of piperidine rings is 1. The van der Waals surface area contributed by atoms with Crippen molar-refractivity contribution in [1.29, 1.82) is 0 Å². The number of nitrogens with zero attached hydrogens (tertiary/aromatic N) is 1. The van der Waals surface area contributed by atoms with E-state index in [9.17, 15) is 0 Å². The summed E-state index contributed by atoms with van der Waals surface area (Å²) in [5, 5.41) is 3.48. The molecule has 0 radical (unpaired) electrons. The predicted molar refractivity (Wildman–Crippen MR) is 104 cm³/mol. The number of nitrogens with one attached hydrogen (secondary N) is 1. The molecular weight excluding hydrogens is 298 g/mol. The van der Waals surface area contributed by atoms with Gasteiger partial charge in [-0.1, -0.05) is 13.0 Å². The Bertz CT molecular complexity index is 470. The van der Waals surface area contributed by atoms with Gasteiger partial charge in [0.2, 0.25) is 0 Å². The summed E-state index contributed by atoms with van der Waals surface area (Å²) in [5.41, 5.74) is 9.82. The zero-order valence-electron chi connectivity index (χ0n) is 15.5. The summed E-state index contributed by atoms with van der Waals surface area (Å²) < 4.78 is 5.33. The zero-order valence-corrected chi connectivity index (χ0v) is 15.5. The third kappa shape index (κ3) is 6.33. The van der Waals surface area contributed by atoms with Crippen molar-refractivity contribution in [1.82, 2.24) is 5.32 Å². The Morgan fingerprint density at radius 2 is 1.96 bits per heavy atom. The van der Waals surface area contributed by atoms with Crippen LogP contribution in [0.1, 0.15) is 45.1 Å². The maximum absolute atomic E-state index is 6.31. The number of ether oxygens (including phenoxy) is 1. The monoisotopic (exact) mass is 333 g/mol. The number of nitrogens with two attached hydrogens (primary N) is 1. The van der Waals surface area contributed by atoms with Crippen LogP contribution in [0.15, 0.2) is 18.2 Å². The summed E-state index contributed by atoms with van der Waals surface area (Å²) in [4.78, 5) is 2.44. The molecule has 0 atom stereocenters. The maximum Gasteiger partial charge on any atom is 0.0600 e. The highest BCUT2D eigenvalue weighted by Gasteiger charge is 2.17. The number of rotatable bonds is 10. The normalized spacial score (nSPS) is 15.8. The minimum absolute atomic E-state index is 0.813. The number of hydrogen-bond acceptors (Lipinski definition) is 4. The zero-order chi connectivity index (χ0) is 17.2. The molecule has 0 saturated carbocycles. The van der Waals surface area contributed by atoms with E-state index >= 15 is 0 Å². The van der Waals surface area contributed by atoms with Gasteiger partial charge in [0.1, 0.15) is 0 Å². The van der Waals surface area contributed by atoms with Crippen LogP contribution < -0.4 is 16.0 Å². The van der Waals surface area contributed by atoms with Crippen LogP contribution in [0.3, 0.4) is 0 Å². The van der Waals surface area contributed by atoms with E-state index in [-0.39, 0.29) is 0 Å². The molecule has 0 unspecified atom stereocenters. The van der Waals surface area contributed by atoms with Crippen molar-refractivity contribution >= 4 is 11.4 Å². The number of aryl methyl sites for hydroxylation is 1. The molecule has 1 saturated heterocycles. The van der Waals surface area contributed by atoms with Gasteiger partial charge in [0.15, 0.2) is 0 Å². The Morgan fingerprint density at radius 3 is 2.67 bits per heavy atom. The van der Waals surface area contributed by atoms with Gasteiger partial charge in [-0.3, -0.25) is 0 Å². The van der Waals surface area contributed by atoms with Gasteiger partial charge in [0, 0.05) is 26.3 Å². The molecule has 1 aliphatic heterocycles. The minimum atomic E-state index is 0.813. The molecule has 4 heteroatoms. The molecule has 0 bridgehead atoms. The van der Waals surface area contributed by atoms with Gasteiger partial charge in [-0.15, -0.1) is 0 Å². The molecule has 136 valence electrons. The Kier molecular flexibility index (Phi) is 8.40. The molecule has 1 fully saturated rings. The quantitative estimate of drug-likeness (QED) is 0.509. The van der Waals surface area contributed by atoms with E-state index in [1.165, 1.54) is 24.1 Å². The van der Waals surface area contributed by atoms with Gasteiger partial charge < -0.3 is 20.7 Å². The molecule has 2 rings (SSSR count). The van der Waals surface area contributed by atoms with Gasteiger partial charge in [-0.25, -0.2) is 0 Å². The van der Waals surface area contributed by atoms with Gasteiger partial charge in [0.05, 0.1) is 11.4 Å². The van der Waals surface area contributed by atoms with Crippen LogP contribution in [0, 0.1) is 5.92 Å². The molecule has 1 aromatic rings. The molecule has 1 aliphatic rings. The molecule has 24 heavy (non-hydrogen) atoms. The summed E-state index contributed by atoms with van der Waals surface area (Å²) in [6.45, 7) is 10.4. The van der Waals surface area contributed by atoms with Crippen molar-refractivity contribution in [2.45, 2.75) is 46.0 Å². The molecule has 1 aromatic carbocycles. The lowest BCUT2D eigenvalue weighted by atomic mass is 9.98. The van der Waals surface area contributed by atoms with Crippen molar-refractivity contribution in [2.24, 2.45) is 5.92 Å². The fourth-order valence-electron chi connectivity index (χ4n) is 3.28. The van der Waals surface area contributed by atoms with Gasteiger partial charge in [-0.2, -0.15) is 0 Å². The van der Waals surface area contributed by atoms with E-state index in [0.717, 1.165) is 70.3 Å². The first kappa shape index (κ1) is 19.1. The highest BCUT2D eigenvalue weighted by atomic mass is 16.5. The van der Waals surface area contributed by atoms with Crippen molar-refractivity contribution in [3.8, 4) is 0 Å². The first-order chi connectivity index (χ1) is 11.7. The van der Waals surface area contributed by atoms with Crippen LogP contribution >= 0.6 is 0 Å². The number of benzene rings is 1. The molecule has 3 N–H and O–H groups in total. The molecule has 0 aromatic heterocycles. The lowest BCUT2D eigenvalue weighted by Crippen LogP contribution is -2.33. The Balaban J connectivity index is 1.68. The second kappa shape index (κ2) is 10.6.